The molecule has 0 spiro atoms. The van der Waals surface area contributed by atoms with Gasteiger partial charge in [0, 0.05) is 23.7 Å². The number of hydrogen-bond donors (Lipinski definition) is 1. The van der Waals surface area contributed by atoms with Gasteiger partial charge in [-0.2, -0.15) is 5.10 Å². The molecule has 2 aromatic carbocycles. The number of para-hydroxylation sites is 1. The summed E-state index contributed by atoms with van der Waals surface area (Å²) in [6.07, 6.45) is 3.83. The molecule has 4 rings (SSSR count). The summed E-state index contributed by atoms with van der Waals surface area (Å²) in [5.74, 6) is 0.474. The van der Waals surface area contributed by atoms with E-state index in [1.54, 1.807) is 17.9 Å². The largest absolute Gasteiger partial charge is 0.496 e. The molecule has 7 nitrogen and oxygen atoms in total. The van der Waals surface area contributed by atoms with Crippen LogP contribution in [0.4, 0.5) is 0 Å². The molecular formula is C27H30N2O5. The van der Waals surface area contributed by atoms with Gasteiger partial charge in [-0.1, -0.05) is 42.5 Å². The lowest BCUT2D eigenvalue weighted by atomic mass is 9.82. The summed E-state index contributed by atoms with van der Waals surface area (Å²) in [5, 5.41) is 13.6. The lowest BCUT2D eigenvalue weighted by Crippen LogP contribution is -2.29. The van der Waals surface area contributed by atoms with Gasteiger partial charge >= 0.3 is 5.97 Å². The molecule has 1 saturated carbocycles. The SMILES string of the molecule is COc1ccccc1-c1nn(CC2CCC(COCC(=O)O)CC2)c(=O)cc1-c1ccccc1. The summed E-state index contributed by atoms with van der Waals surface area (Å²) >= 11 is 0. The minimum atomic E-state index is -0.941. The van der Waals surface area contributed by atoms with E-state index in [0.717, 1.165) is 48.1 Å². The van der Waals surface area contributed by atoms with Gasteiger partial charge in [0.2, 0.25) is 0 Å². The fraction of sp³-hybridized carbons (Fsp3) is 0.370. The predicted molar refractivity (Wildman–Crippen MR) is 130 cm³/mol. The normalized spacial score (nSPS) is 17.9. The molecule has 1 N–H and O–H groups in total. The first-order chi connectivity index (χ1) is 16.5. The molecule has 34 heavy (non-hydrogen) atoms. The van der Waals surface area contributed by atoms with Crippen molar-refractivity contribution < 1.29 is 19.4 Å². The van der Waals surface area contributed by atoms with Crippen LogP contribution in [-0.4, -0.2) is 41.2 Å². The summed E-state index contributed by atoms with van der Waals surface area (Å²) < 4.78 is 12.4. The van der Waals surface area contributed by atoms with E-state index in [1.165, 1.54) is 0 Å². The molecule has 1 fully saturated rings. The van der Waals surface area contributed by atoms with Crippen molar-refractivity contribution in [3.05, 3.63) is 71.0 Å². The molecule has 0 atom stereocenters. The Morgan fingerprint density at radius 3 is 2.38 bits per heavy atom. The number of methoxy groups -OCH3 is 1. The molecular weight excluding hydrogens is 432 g/mol. The summed E-state index contributed by atoms with van der Waals surface area (Å²) in [6.45, 7) is 0.776. The first kappa shape index (κ1) is 23.7. The molecule has 3 aromatic rings. The summed E-state index contributed by atoms with van der Waals surface area (Å²) in [4.78, 5) is 23.7. The van der Waals surface area contributed by atoms with Crippen molar-refractivity contribution in [2.24, 2.45) is 11.8 Å². The van der Waals surface area contributed by atoms with Crippen LogP contribution in [0.1, 0.15) is 25.7 Å². The van der Waals surface area contributed by atoms with Gasteiger partial charge in [-0.15, -0.1) is 0 Å². The summed E-state index contributed by atoms with van der Waals surface area (Å²) in [6, 6.07) is 19.2. The van der Waals surface area contributed by atoms with Crippen LogP contribution in [0, 0.1) is 11.8 Å². The van der Waals surface area contributed by atoms with Crippen LogP contribution < -0.4 is 10.3 Å². The molecule has 1 heterocycles. The number of aliphatic carboxylic acids is 1. The monoisotopic (exact) mass is 462 g/mol. The van der Waals surface area contributed by atoms with Gasteiger partial charge in [-0.3, -0.25) is 4.79 Å². The fourth-order valence-corrected chi connectivity index (χ4v) is 4.64. The third kappa shape index (κ3) is 5.72. The van der Waals surface area contributed by atoms with Crippen molar-refractivity contribution in [3.8, 4) is 28.1 Å². The molecule has 1 aliphatic rings. The second-order valence-corrected chi connectivity index (χ2v) is 8.79. The molecule has 1 aromatic heterocycles. The highest BCUT2D eigenvalue weighted by molar-refractivity contribution is 5.82. The molecule has 0 radical (unpaired) electrons. The highest BCUT2D eigenvalue weighted by Gasteiger charge is 2.24. The van der Waals surface area contributed by atoms with Crippen LogP contribution in [-0.2, 0) is 16.1 Å². The Balaban J connectivity index is 1.58. The molecule has 1 aliphatic carbocycles. The zero-order valence-corrected chi connectivity index (χ0v) is 19.4. The van der Waals surface area contributed by atoms with Crippen LogP contribution in [0.2, 0.25) is 0 Å². The Morgan fingerprint density at radius 1 is 1.00 bits per heavy atom. The number of nitrogens with zero attached hydrogens (tertiary/aromatic N) is 2. The number of aromatic nitrogens is 2. The van der Waals surface area contributed by atoms with Crippen molar-refractivity contribution in [2.45, 2.75) is 32.2 Å². The average Bonchev–Trinajstić information content (AvgIpc) is 2.86. The third-order valence-electron chi connectivity index (χ3n) is 6.42. The van der Waals surface area contributed by atoms with Crippen molar-refractivity contribution >= 4 is 5.97 Å². The molecule has 0 aliphatic heterocycles. The topological polar surface area (TPSA) is 90.7 Å². The van der Waals surface area contributed by atoms with E-state index in [-0.39, 0.29) is 12.2 Å². The summed E-state index contributed by atoms with van der Waals surface area (Å²) in [7, 11) is 1.63. The maximum absolute atomic E-state index is 13.1. The summed E-state index contributed by atoms with van der Waals surface area (Å²) in [5.41, 5.74) is 3.16. The Bertz CT molecular complexity index is 1170. The maximum Gasteiger partial charge on any atom is 0.329 e. The van der Waals surface area contributed by atoms with E-state index in [1.807, 2.05) is 54.6 Å². The van der Waals surface area contributed by atoms with Gasteiger partial charge in [0.1, 0.15) is 18.1 Å². The second kappa shape index (κ2) is 11.1. The van der Waals surface area contributed by atoms with E-state index in [4.69, 9.17) is 19.7 Å². The van der Waals surface area contributed by atoms with E-state index in [0.29, 0.717) is 30.7 Å². The van der Waals surface area contributed by atoms with Gasteiger partial charge in [-0.25, -0.2) is 9.48 Å². The van der Waals surface area contributed by atoms with E-state index in [9.17, 15) is 9.59 Å². The number of carboxylic acids is 1. The van der Waals surface area contributed by atoms with Crippen molar-refractivity contribution in [3.63, 3.8) is 0 Å². The predicted octanol–water partition coefficient (Wildman–Crippen LogP) is 4.49. The minimum Gasteiger partial charge on any atom is -0.496 e. The lowest BCUT2D eigenvalue weighted by Gasteiger charge is -2.28. The molecule has 0 saturated heterocycles. The van der Waals surface area contributed by atoms with Crippen LogP contribution in [0.5, 0.6) is 5.75 Å². The van der Waals surface area contributed by atoms with Crippen LogP contribution in [0.3, 0.4) is 0 Å². The Kier molecular flexibility index (Phi) is 7.75. The molecule has 0 amide bonds. The number of rotatable bonds is 9. The van der Waals surface area contributed by atoms with Crippen LogP contribution in [0.15, 0.2) is 65.5 Å². The smallest absolute Gasteiger partial charge is 0.329 e. The number of carboxylic acid groups (broad SMARTS) is 1. The van der Waals surface area contributed by atoms with Crippen molar-refractivity contribution in [1.29, 1.82) is 0 Å². The maximum atomic E-state index is 13.1. The standard InChI is InChI=1S/C27H30N2O5/c1-33-24-10-6-5-9-22(24)27-23(21-7-3-2-4-8-21)15-25(30)29(28-27)16-19-11-13-20(14-12-19)17-34-18-26(31)32/h2-10,15,19-20H,11-14,16-18H2,1H3,(H,31,32). The fourth-order valence-electron chi connectivity index (χ4n) is 4.64. The molecule has 178 valence electrons. The number of hydrogen-bond acceptors (Lipinski definition) is 5. The number of carbonyl (C=O) groups is 1. The molecule has 7 heteroatoms. The number of benzene rings is 2. The van der Waals surface area contributed by atoms with Gasteiger partial charge in [0.25, 0.3) is 5.56 Å². The molecule has 0 bridgehead atoms. The zero-order valence-electron chi connectivity index (χ0n) is 19.4. The Labute approximate surface area is 199 Å². The van der Waals surface area contributed by atoms with Gasteiger partial charge in [-0.05, 0) is 55.2 Å². The second-order valence-electron chi connectivity index (χ2n) is 8.79. The van der Waals surface area contributed by atoms with Gasteiger partial charge in [0.15, 0.2) is 0 Å². The Hall–Kier alpha value is -3.45. The Morgan fingerprint density at radius 2 is 1.68 bits per heavy atom. The van der Waals surface area contributed by atoms with E-state index < -0.39 is 5.97 Å². The first-order valence-electron chi connectivity index (χ1n) is 11.7. The lowest BCUT2D eigenvalue weighted by molar-refractivity contribution is -0.142. The minimum absolute atomic E-state index is 0.121. The van der Waals surface area contributed by atoms with E-state index >= 15 is 0 Å². The van der Waals surface area contributed by atoms with Crippen LogP contribution >= 0.6 is 0 Å². The highest BCUT2D eigenvalue weighted by atomic mass is 16.5. The van der Waals surface area contributed by atoms with Crippen molar-refractivity contribution in [1.82, 2.24) is 9.78 Å². The molecule has 0 unspecified atom stereocenters. The first-order valence-corrected chi connectivity index (χ1v) is 11.7. The van der Waals surface area contributed by atoms with Gasteiger partial charge in [0.05, 0.1) is 13.7 Å². The quantitative estimate of drug-likeness (QED) is 0.504. The zero-order chi connectivity index (χ0) is 23.9. The van der Waals surface area contributed by atoms with Crippen molar-refractivity contribution in [2.75, 3.05) is 20.3 Å². The van der Waals surface area contributed by atoms with E-state index in [2.05, 4.69) is 0 Å². The average molecular weight is 463 g/mol. The third-order valence-corrected chi connectivity index (χ3v) is 6.42. The number of ether oxygens (including phenoxy) is 2. The highest BCUT2D eigenvalue weighted by Crippen LogP contribution is 2.35. The van der Waals surface area contributed by atoms with Crippen LogP contribution in [0.25, 0.3) is 22.4 Å². The van der Waals surface area contributed by atoms with Gasteiger partial charge < -0.3 is 14.6 Å².